The highest BCUT2D eigenvalue weighted by Crippen LogP contribution is 2.27. The molecule has 1 fully saturated rings. The van der Waals surface area contributed by atoms with Crippen LogP contribution in [0.2, 0.25) is 0 Å². The first-order valence-corrected chi connectivity index (χ1v) is 6.80. The molecule has 1 aliphatic rings. The molecule has 0 aliphatic heterocycles. The van der Waals surface area contributed by atoms with Crippen LogP contribution in [-0.2, 0) is 0 Å². The van der Waals surface area contributed by atoms with E-state index in [1.165, 1.54) is 24.8 Å². The Morgan fingerprint density at radius 1 is 1.29 bits per heavy atom. The second kappa shape index (κ2) is 6.18. The molecule has 1 N–H and O–H groups in total. The number of benzene rings is 1. The van der Waals surface area contributed by atoms with E-state index in [1.807, 2.05) is 0 Å². The van der Waals surface area contributed by atoms with Crippen LogP contribution in [0.25, 0.3) is 0 Å². The lowest BCUT2D eigenvalue weighted by Gasteiger charge is -2.25. The lowest BCUT2D eigenvalue weighted by molar-refractivity contribution is 0.281. The summed E-state index contributed by atoms with van der Waals surface area (Å²) < 4.78 is 0. The summed E-state index contributed by atoms with van der Waals surface area (Å²) >= 11 is 0. The fourth-order valence-electron chi connectivity index (χ4n) is 2.24. The zero-order valence-electron chi connectivity index (χ0n) is 11.0. The van der Waals surface area contributed by atoms with Crippen LogP contribution in [0.5, 0.6) is 0 Å². The minimum absolute atomic E-state index is 0.474. The molecule has 0 radical (unpaired) electrons. The highest BCUT2D eigenvalue weighted by molar-refractivity contribution is 5.19. The Labute approximate surface area is 105 Å². The molecule has 2 heteroatoms. The summed E-state index contributed by atoms with van der Waals surface area (Å²) in [6.07, 6.45) is 3.95. The average Bonchev–Trinajstić information content (AvgIpc) is 3.19. The Kier molecular flexibility index (Phi) is 4.57. The standard InChI is InChI=1S/C15H24N2/c1-3-11-16-15(12-17(2)14-9-10-14)13-7-5-4-6-8-13/h4-8,14-16H,3,9-12H2,1-2H3. The normalized spacial score (nSPS) is 17.4. The predicted octanol–water partition coefficient (Wildman–Crippen LogP) is 2.82. The van der Waals surface area contributed by atoms with E-state index in [9.17, 15) is 0 Å². The van der Waals surface area contributed by atoms with Gasteiger partial charge in [-0.1, -0.05) is 37.3 Å². The van der Waals surface area contributed by atoms with Crippen LogP contribution in [0.4, 0.5) is 0 Å². The largest absolute Gasteiger partial charge is 0.309 e. The second-order valence-electron chi connectivity index (χ2n) is 5.09. The smallest absolute Gasteiger partial charge is 0.0449 e. The zero-order chi connectivity index (χ0) is 12.1. The third kappa shape index (κ3) is 3.83. The van der Waals surface area contributed by atoms with Gasteiger partial charge in [-0.25, -0.2) is 0 Å². The fraction of sp³-hybridized carbons (Fsp3) is 0.600. The van der Waals surface area contributed by atoms with Crippen LogP contribution in [0, 0.1) is 0 Å². The van der Waals surface area contributed by atoms with Crippen molar-refractivity contribution < 1.29 is 0 Å². The summed E-state index contributed by atoms with van der Waals surface area (Å²) in [7, 11) is 2.25. The SMILES string of the molecule is CCCNC(CN(C)C1CC1)c1ccccc1. The van der Waals surface area contributed by atoms with Crippen molar-refractivity contribution in [1.29, 1.82) is 0 Å². The average molecular weight is 232 g/mol. The second-order valence-corrected chi connectivity index (χ2v) is 5.09. The maximum absolute atomic E-state index is 3.66. The van der Waals surface area contributed by atoms with Crippen LogP contribution in [0.3, 0.4) is 0 Å². The summed E-state index contributed by atoms with van der Waals surface area (Å²) in [5.74, 6) is 0. The van der Waals surface area contributed by atoms with Crippen LogP contribution < -0.4 is 5.32 Å². The van der Waals surface area contributed by atoms with Gasteiger partial charge in [0.1, 0.15) is 0 Å². The van der Waals surface area contributed by atoms with E-state index in [2.05, 4.69) is 54.5 Å². The number of nitrogens with one attached hydrogen (secondary N) is 1. The molecule has 94 valence electrons. The van der Waals surface area contributed by atoms with Gasteiger partial charge in [0.05, 0.1) is 0 Å². The van der Waals surface area contributed by atoms with Crippen molar-refractivity contribution in [3.05, 3.63) is 35.9 Å². The zero-order valence-corrected chi connectivity index (χ0v) is 11.0. The fourth-order valence-corrected chi connectivity index (χ4v) is 2.24. The summed E-state index contributed by atoms with van der Waals surface area (Å²) in [6, 6.07) is 12.1. The van der Waals surface area contributed by atoms with Gasteiger partial charge in [-0.15, -0.1) is 0 Å². The van der Waals surface area contributed by atoms with E-state index >= 15 is 0 Å². The quantitative estimate of drug-likeness (QED) is 0.777. The molecule has 1 saturated carbocycles. The highest BCUT2D eigenvalue weighted by atomic mass is 15.2. The summed E-state index contributed by atoms with van der Waals surface area (Å²) in [4.78, 5) is 2.50. The molecule has 2 rings (SSSR count). The number of hydrogen-bond acceptors (Lipinski definition) is 2. The first-order valence-electron chi connectivity index (χ1n) is 6.80. The summed E-state index contributed by atoms with van der Waals surface area (Å²) in [5.41, 5.74) is 1.41. The molecule has 0 saturated heterocycles. The van der Waals surface area contributed by atoms with Crippen molar-refractivity contribution in [3.63, 3.8) is 0 Å². The first-order chi connectivity index (χ1) is 8.31. The van der Waals surface area contributed by atoms with E-state index in [0.29, 0.717) is 6.04 Å². The summed E-state index contributed by atoms with van der Waals surface area (Å²) in [6.45, 7) is 4.44. The number of rotatable bonds is 7. The van der Waals surface area contributed by atoms with E-state index in [-0.39, 0.29) is 0 Å². The van der Waals surface area contributed by atoms with Crippen LogP contribution >= 0.6 is 0 Å². The van der Waals surface area contributed by atoms with Crippen molar-refractivity contribution in [3.8, 4) is 0 Å². The lowest BCUT2D eigenvalue weighted by atomic mass is 10.1. The van der Waals surface area contributed by atoms with Crippen molar-refractivity contribution in [2.24, 2.45) is 0 Å². The molecule has 1 unspecified atom stereocenters. The van der Waals surface area contributed by atoms with Crippen molar-refractivity contribution in [1.82, 2.24) is 10.2 Å². The molecule has 1 aromatic rings. The Morgan fingerprint density at radius 3 is 2.59 bits per heavy atom. The van der Waals surface area contributed by atoms with Crippen molar-refractivity contribution in [2.75, 3.05) is 20.1 Å². The molecule has 17 heavy (non-hydrogen) atoms. The maximum Gasteiger partial charge on any atom is 0.0449 e. The van der Waals surface area contributed by atoms with E-state index < -0.39 is 0 Å². The maximum atomic E-state index is 3.66. The lowest BCUT2D eigenvalue weighted by Crippen LogP contribution is -2.34. The van der Waals surface area contributed by atoms with Crippen molar-refractivity contribution in [2.45, 2.75) is 38.3 Å². The minimum Gasteiger partial charge on any atom is -0.309 e. The van der Waals surface area contributed by atoms with E-state index in [1.54, 1.807) is 0 Å². The van der Waals surface area contributed by atoms with Gasteiger partial charge in [-0.3, -0.25) is 0 Å². The van der Waals surface area contributed by atoms with Gasteiger partial charge < -0.3 is 10.2 Å². The topological polar surface area (TPSA) is 15.3 Å². The van der Waals surface area contributed by atoms with Crippen LogP contribution in [0.15, 0.2) is 30.3 Å². The Morgan fingerprint density at radius 2 is 2.00 bits per heavy atom. The van der Waals surface area contributed by atoms with Gasteiger partial charge in [0, 0.05) is 18.6 Å². The molecule has 1 atom stereocenters. The molecule has 1 aliphatic carbocycles. The molecule has 1 aromatic carbocycles. The van der Waals surface area contributed by atoms with Crippen LogP contribution in [-0.4, -0.2) is 31.1 Å². The Hall–Kier alpha value is -0.860. The van der Waals surface area contributed by atoms with E-state index in [4.69, 9.17) is 0 Å². The minimum atomic E-state index is 0.474. The van der Waals surface area contributed by atoms with Gasteiger partial charge in [-0.2, -0.15) is 0 Å². The summed E-state index contributed by atoms with van der Waals surface area (Å²) in [5, 5.41) is 3.66. The first kappa shape index (κ1) is 12.6. The van der Waals surface area contributed by atoms with Gasteiger partial charge in [0.2, 0.25) is 0 Å². The molecule has 0 spiro atoms. The highest BCUT2D eigenvalue weighted by Gasteiger charge is 2.27. The Bertz CT molecular complexity index is 319. The molecular formula is C15H24N2. The van der Waals surface area contributed by atoms with Gasteiger partial charge in [0.15, 0.2) is 0 Å². The Balaban J connectivity index is 1.96. The third-order valence-electron chi connectivity index (χ3n) is 3.48. The third-order valence-corrected chi connectivity index (χ3v) is 3.48. The van der Waals surface area contributed by atoms with Gasteiger partial charge in [0.25, 0.3) is 0 Å². The molecule has 0 amide bonds. The molecule has 0 aromatic heterocycles. The number of nitrogens with zero attached hydrogens (tertiary/aromatic N) is 1. The molecule has 2 nitrogen and oxygen atoms in total. The molecular weight excluding hydrogens is 208 g/mol. The van der Waals surface area contributed by atoms with Gasteiger partial charge in [-0.05, 0) is 38.4 Å². The molecule has 0 bridgehead atoms. The van der Waals surface area contributed by atoms with Crippen LogP contribution in [0.1, 0.15) is 37.8 Å². The van der Waals surface area contributed by atoms with Gasteiger partial charge >= 0.3 is 0 Å². The number of likely N-dealkylation sites (N-methyl/N-ethyl adjacent to an activating group) is 1. The predicted molar refractivity (Wildman–Crippen MR) is 73.1 cm³/mol. The number of hydrogen-bond donors (Lipinski definition) is 1. The molecule has 0 heterocycles. The van der Waals surface area contributed by atoms with E-state index in [0.717, 1.165) is 19.1 Å². The monoisotopic (exact) mass is 232 g/mol. The van der Waals surface area contributed by atoms with Crippen molar-refractivity contribution >= 4 is 0 Å².